The standard InChI is InChI=1S/C18H16ClN2O/c1-3-8-21-9-7-17-16(12-21)15(11-18(22)20(17)2)13-5-4-6-14(19)10-13/h3-7,9-12H,1,8H2,2H3/q+1. The van der Waals surface area contributed by atoms with Crippen molar-refractivity contribution in [2.75, 3.05) is 0 Å². The van der Waals surface area contributed by atoms with E-state index in [1.54, 1.807) is 17.7 Å². The van der Waals surface area contributed by atoms with Gasteiger partial charge in [0, 0.05) is 29.8 Å². The number of rotatable bonds is 3. The van der Waals surface area contributed by atoms with Crippen LogP contribution in [0.2, 0.25) is 5.02 Å². The highest BCUT2D eigenvalue weighted by molar-refractivity contribution is 6.30. The highest BCUT2D eigenvalue weighted by Gasteiger charge is 2.12. The van der Waals surface area contributed by atoms with Gasteiger partial charge in [-0.1, -0.05) is 30.3 Å². The molecule has 0 amide bonds. The first kappa shape index (κ1) is 14.5. The summed E-state index contributed by atoms with van der Waals surface area (Å²) < 4.78 is 3.69. The minimum absolute atomic E-state index is 0.0380. The molecular formula is C18H16ClN2O+. The predicted octanol–water partition coefficient (Wildman–Crippen LogP) is 3.33. The summed E-state index contributed by atoms with van der Waals surface area (Å²) in [7, 11) is 1.78. The molecule has 1 aromatic carbocycles. The number of allylic oxidation sites excluding steroid dienone is 1. The van der Waals surface area contributed by atoms with Crippen molar-refractivity contribution in [2.24, 2.45) is 7.05 Å². The van der Waals surface area contributed by atoms with Gasteiger partial charge < -0.3 is 4.57 Å². The van der Waals surface area contributed by atoms with Crippen LogP contribution in [-0.2, 0) is 13.6 Å². The summed E-state index contributed by atoms with van der Waals surface area (Å²) in [6, 6.07) is 11.2. The van der Waals surface area contributed by atoms with Gasteiger partial charge in [-0.05, 0) is 23.8 Å². The second-order valence-electron chi connectivity index (χ2n) is 5.19. The third-order valence-corrected chi connectivity index (χ3v) is 3.96. The highest BCUT2D eigenvalue weighted by Crippen LogP contribution is 2.27. The van der Waals surface area contributed by atoms with E-state index in [1.807, 2.05) is 53.4 Å². The van der Waals surface area contributed by atoms with E-state index in [-0.39, 0.29) is 5.56 Å². The number of hydrogen-bond donors (Lipinski definition) is 0. The first-order chi connectivity index (χ1) is 10.6. The van der Waals surface area contributed by atoms with E-state index < -0.39 is 0 Å². The van der Waals surface area contributed by atoms with Gasteiger partial charge in [-0.2, -0.15) is 0 Å². The van der Waals surface area contributed by atoms with Crippen LogP contribution < -0.4 is 10.1 Å². The van der Waals surface area contributed by atoms with E-state index in [2.05, 4.69) is 6.58 Å². The molecule has 0 aliphatic carbocycles. The first-order valence-electron chi connectivity index (χ1n) is 7.00. The Morgan fingerprint density at radius 2 is 2.14 bits per heavy atom. The summed E-state index contributed by atoms with van der Waals surface area (Å²) in [6.07, 6.45) is 5.82. The van der Waals surface area contributed by atoms with Crippen LogP contribution in [-0.4, -0.2) is 4.57 Å². The molecule has 4 heteroatoms. The molecule has 0 radical (unpaired) electrons. The molecule has 0 spiro atoms. The molecule has 0 fully saturated rings. The Morgan fingerprint density at radius 1 is 1.32 bits per heavy atom. The van der Waals surface area contributed by atoms with E-state index in [0.717, 1.165) is 22.0 Å². The molecule has 110 valence electrons. The van der Waals surface area contributed by atoms with E-state index in [9.17, 15) is 4.79 Å². The molecule has 0 saturated heterocycles. The third kappa shape index (κ3) is 2.55. The number of aryl methyl sites for hydroxylation is 1. The topological polar surface area (TPSA) is 25.9 Å². The molecule has 0 aliphatic rings. The number of benzene rings is 1. The largest absolute Gasteiger partial charge is 0.311 e. The zero-order valence-electron chi connectivity index (χ0n) is 12.3. The lowest BCUT2D eigenvalue weighted by Gasteiger charge is -2.09. The Kier molecular flexibility index (Phi) is 3.82. The average molecular weight is 312 g/mol. The number of halogens is 1. The van der Waals surface area contributed by atoms with Crippen LogP contribution in [0.3, 0.4) is 0 Å². The fourth-order valence-electron chi connectivity index (χ4n) is 2.61. The van der Waals surface area contributed by atoms with Gasteiger partial charge in [0.25, 0.3) is 5.56 Å². The Morgan fingerprint density at radius 3 is 2.86 bits per heavy atom. The van der Waals surface area contributed by atoms with Crippen molar-refractivity contribution in [3.05, 3.63) is 76.8 Å². The van der Waals surface area contributed by atoms with Crippen LogP contribution in [0.5, 0.6) is 0 Å². The molecule has 0 N–H and O–H groups in total. The summed E-state index contributed by atoms with van der Waals surface area (Å²) in [6.45, 7) is 4.48. The molecule has 3 rings (SSSR count). The fraction of sp³-hybridized carbons (Fsp3) is 0.111. The van der Waals surface area contributed by atoms with Gasteiger partial charge in [-0.25, -0.2) is 4.57 Å². The second kappa shape index (κ2) is 5.78. The van der Waals surface area contributed by atoms with Crippen LogP contribution in [0.4, 0.5) is 0 Å². The van der Waals surface area contributed by atoms with Crippen LogP contribution >= 0.6 is 11.6 Å². The van der Waals surface area contributed by atoms with Gasteiger partial charge in [-0.3, -0.25) is 4.79 Å². The van der Waals surface area contributed by atoms with Crippen molar-refractivity contribution >= 4 is 22.5 Å². The van der Waals surface area contributed by atoms with Gasteiger partial charge >= 0.3 is 0 Å². The van der Waals surface area contributed by atoms with Crippen LogP contribution in [0.1, 0.15) is 0 Å². The van der Waals surface area contributed by atoms with Crippen molar-refractivity contribution in [3.8, 4) is 11.1 Å². The zero-order valence-corrected chi connectivity index (χ0v) is 13.0. The lowest BCUT2D eigenvalue weighted by molar-refractivity contribution is -0.685. The SMILES string of the molecule is C=CC[n+]1ccc2c(c1)c(-c1cccc(Cl)c1)cc(=O)n2C. The predicted molar refractivity (Wildman–Crippen MR) is 90.0 cm³/mol. The maximum absolute atomic E-state index is 12.2. The number of fused-ring (bicyclic) bond motifs is 1. The molecular weight excluding hydrogens is 296 g/mol. The number of pyridine rings is 2. The van der Waals surface area contributed by atoms with Gasteiger partial charge in [0.15, 0.2) is 18.9 Å². The minimum Gasteiger partial charge on any atom is -0.311 e. The van der Waals surface area contributed by atoms with E-state index in [4.69, 9.17) is 11.6 Å². The summed E-state index contributed by atoms with van der Waals surface area (Å²) in [5.74, 6) is 0. The van der Waals surface area contributed by atoms with Crippen LogP contribution in [0.15, 0.2) is 66.2 Å². The average Bonchev–Trinajstić information content (AvgIpc) is 2.51. The van der Waals surface area contributed by atoms with Gasteiger partial charge in [-0.15, -0.1) is 0 Å². The summed E-state index contributed by atoms with van der Waals surface area (Å²) in [4.78, 5) is 12.2. The lowest BCUT2D eigenvalue weighted by atomic mass is 10.0. The van der Waals surface area contributed by atoms with Crippen molar-refractivity contribution in [2.45, 2.75) is 6.54 Å². The van der Waals surface area contributed by atoms with Crippen LogP contribution in [0.25, 0.3) is 22.0 Å². The minimum atomic E-state index is -0.0380. The highest BCUT2D eigenvalue weighted by atomic mass is 35.5. The van der Waals surface area contributed by atoms with Crippen molar-refractivity contribution in [3.63, 3.8) is 0 Å². The molecule has 0 aliphatic heterocycles. The molecule has 0 saturated carbocycles. The van der Waals surface area contributed by atoms with Crippen molar-refractivity contribution in [1.29, 1.82) is 0 Å². The first-order valence-corrected chi connectivity index (χ1v) is 7.37. The third-order valence-electron chi connectivity index (χ3n) is 3.72. The number of hydrogen-bond acceptors (Lipinski definition) is 1. The van der Waals surface area contributed by atoms with Crippen molar-refractivity contribution < 1.29 is 4.57 Å². The maximum Gasteiger partial charge on any atom is 0.251 e. The van der Waals surface area contributed by atoms with E-state index in [0.29, 0.717) is 11.6 Å². The molecule has 22 heavy (non-hydrogen) atoms. The Bertz CT molecular complexity index is 928. The van der Waals surface area contributed by atoms with Gasteiger partial charge in [0.1, 0.15) is 0 Å². The van der Waals surface area contributed by atoms with Crippen LogP contribution in [0, 0.1) is 0 Å². The molecule has 2 aromatic heterocycles. The quantitative estimate of drug-likeness (QED) is 0.538. The summed E-state index contributed by atoms with van der Waals surface area (Å²) in [5.41, 5.74) is 2.68. The molecule has 0 atom stereocenters. The Balaban J connectivity index is 2.37. The molecule has 2 heterocycles. The monoisotopic (exact) mass is 311 g/mol. The molecule has 3 nitrogen and oxygen atoms in total. The van der Waals surface area contributed by atoms with E-state index >= 15 is 0 Å². The molecule has 0 bridgehead atoms. The zero-order chi connectivity index (χ0) is 15.7. The van der Waals surface area contributed by atoms with Gasteiger partial charge in [0.05, 0.1) is 10.9 Å². The summed E-state index contributed by atoms with van der Waals surface area (Å²) in [5, 5.41) is 1.66. The lowest BCUT2D eigenvalue weighted by Crippen LogP contribution is -2.32. The Labute approximate surface area is 133 Å². The second-order valence-corrected chi connectivity index (χ2v) is 5.63. The van der Waals surface area contributed by atoms with Gasteiger partial charge in [0.2, 0.25) is 0 Å². The van der Waals surface area contributed by atoms with E-state index in [1.165, 1.54) is 0 Å². The number of aromatic nitrogens is 2. The summed E-state index contributed by atoms with van der Waals surface area (Å²) >= 11 is 6.10. The molecule has 0 unspecified atom stereocenters. The van der Waals surface area contributed by atoms with Crippen molar-refractivity contribution in [1.82, 2.24) is 4.57 Å². The Hall–Kier alpha value is -2.39. The number of nitrogens with zero attached hydrogens (tertiary/aromatic N) is 2. The normalized spacial score (nSPS) is 10.8. The fourth-order valence-corrected chi connectivity index (χ4v) is 2.80. The maximum atomic E-state index is 12.2. The smallest absolute Gasteiger partial charge is 0.251 e. The molecule has 3 aromatic rings.